The van der Waals surface area contributed by atoms with E-state index in [1.54, 1.807) is 0 Å². The molecule has 0 heterocycles. The third-order valence-corrected chi connectivity index (χ3v) is 3.90. The molecule has 1 aliphatic rings. The number of hydrogen-bond donors (Lipinski definition) is 2. The van der Waals surface area contributed by atoms with Gasteiger partial charge in [0.1, 0.15) is 17.2 Å². The molecule has 0 bridgehead atoms. The van der Waals surface area contributed by atoms with Crippen LogP contribution in [0.25, 0.3) is 0 Å². The van der Waals surface area contributed by atoms with Crippen LogP contribution in [0.15, 0.2) is 16.6 Å². The maximum Gasteiger partial charge on any atom is 0.257 e. The Kier molecular flexibility index (Phi) is 4.52. The molecule has 0 saturated heterocycles. The van der Waals surface area contributed by atoms with Gasteiger partial charge in [-0.05, 0) is 25.0 Å². The molecular weight excluding hydrogens is 320 g/mol. The Bertz CT molecular complexity index is 473. The van der Waals surface area contributed by atoms with Crippen LogP contribution in [0.1, 0.15) is 29.6 Å². The van der Waals surface area contributed by atoms with E-state index in [0.29, 0.717) is 0 Å². The van der Waals surface area contributed by atoms with Crippen molar-refractivity contribution >= 4 is 21.8 Å². The number of amides is 1. The van der Waals surface area contributed by atoms with Gasteiger partial charge in [0.15, 0.2) is 0 Å². The fourth-order valence-corrected chi connectivity index (χ4v) is 2.85. The highest BCUT2D eigenvalue weighted by Crippen LogP contribution is 2.26. The lowest BCUT2D eigenvalue weighted by Crippen LogP contribution is -2.39. The van der Waals surface area contributed by atoms with E-state index in [0.717, 1.165) is 31.4 Å². The zero-order valence-electron chi connectivity index (χ0n) is 10.1. The zero-order valence-corrected chi connectivity index (χ0v) is 11.7. The summed E-state index contributed by atoms with van der Waals surface area (Å²) >= 11 is 2.96. The molecule has 2 unspecified atom stereocenters. The molecular formula is C13H14BrF2NO2. The van der Waals surface area contributed by atoms with E-state index in [2.05, 4.69) is 21.2 Å². The lowest BCUT2D eigenvalue weighted by molar-refractivity contribution is 0.0907. The number of aliphatic hydroxyl groups is 1. The number of hydrogen-bond acceptors (Lipinski definition) is 2. The lowest BCUT2D eigenvalue weighted by atomic mass is 10.0. The van der Waals surface area contributed by atoms with Crippen molar-refractivity contribution in [2.45, 2.75) is 25.3 Å². The third kappa shape index (κ3) is 3.12. The fraction of sp³-hybridized carbons (Fsp3) is 0.462. The molecule has 1 amide bonds. The van der Waals surface area contributed by atoms with Crippen molar-refractivity contribution in [2.24, 2.45) is 5.92 Å². The zero-order chi connectivity index (χ0) is 14.0. The molecule has 0 radical (unpaired) electrons. The predicted octanol–water partition coefficient (Wildman–Crippen LogP) is 2.62. The highest BCUT2D eigenvalue weighted by atomic mass is 79.9. The van der Waals surface area contributed by atoms with Crippen molar-refractivity contribution in [1.82, 2.24) is 5.32 Å². The molecule has 1 aromatic carbocycles. The minimum absolute atomic E-state index is 0.0315. The van der Waals surface area contributed by atoms with E-state index >= 15 is 0 Å². The number of benzene rings is 1. The molecule has 6 heteroatoms. The summed E-state index contributed by atoms with van der Waals surface area (Å²) in [6.07, 6.45) is 2.42. The van der Waals surface area contributed by atoms with Gasteiger partial charge in [0, 0.05) is 23.0 Å². The van der Waals surface area contributed by atoms with E-state index in [9.17, 15) is 13.6 Å². The molecule has 1 aromatic rings. The Labute approximate surface area is 118 Å². The van der Waals surface area contributed by atoms with Gasteiger partial charge in [-0.25, -0.2) is 8.78 Å². The molecule has 1 saturated carbocycles. The maximum absolute atomic E-state index is 13.6. The normalized spacial score (nSPS) is 22.5. The van der Waals surface area contributed by atoms with E-state index in [-0.39, 0.29) is 23.0 Å². The minimum Gasteiger partial charge on any atom is -0.396 e. The van der Waals surface area contributed by atoms with Crippen molar-refractivity contribution in [3.63, 3.8) is 0 Å². The van der Waals surface area contributed by atoms with Crippen molar-refractivity contribution in [3.05, 3.63) is 33.8 Å². The van der Waals surface area contributed by atoms with Crippen LogP contribution < -0.4 is 5.32 Å². The number of halogens is 3. The Morgan fingerprint density at radius 2 is 2.00 bits per heavy atom. The van der Waals surface area contributed by atoms with Crippen molar-refractivity contribution in [1.29, 1.82) is 0 Å². The van der Waals surface area contributed by atoms with Gasteiger partial charge in [0.05, 0.1) is 0 Å². The van der Waals surface area contributed by atoms with Crippen molar-refractivity contribution in [2.75, 3.05) is 6.61 Å². The molecule has 0 spiro atoms. The van der Waals surface area contributed by atoms with Crippen LogP contribution in [0.4, 0.5) is 8.78 Å². The summed E-state index contributed by atoms with van der Waals surface area (Å²) in [5, 5.41) is 11.8. The van der Waals surface area contributed by atoms with Gasteiger partial charge < -0.3 is 10.4 Å². The molecule has 3 nitrogen and oxygen atoms in total. The van der Waals surface area contributed by atoms with Crippen molar-refractivity contribution < 1.29 is 18.7 Å². The summed E-state index contributed by atoms with van der Waals surface area (Å²) < 4.78 is 27.5. The van der Waals surface area contributed by atoms with E-state index in [4.69, 9.17) is 5.11 Å². The SMILES string of the molecule is O=C(NC1CCCC1CO)c1c(F)cc(Br)cc1F. The van der Waals surface area contributed by atoms with Crippen LogP contribution in [-0.2, 0) is 0 Å². The van der Waals surface area contributed by atoms with Crippen LogP contribution in [0.5, 0.6) is 0 Å². The first kappa shape index (κ1) is 14.4. The second-order valence-electron chi connectivity index (χ2n) is 4.70. The summed E-state index contributed by atoms with van der Waals surface area (Å²) in [7, 11) is 0. The first-order chi connectivity index (χ1) is 9.02. The van der Waals surface area contributed by atoms with Crippen molar-refractivity contribution in [3.8, 4) is 0 Å². The Hall–Kier alpha value is -1.01. The second kappa shape index (κ2) is 5.96. The third-order valence-electron chi connectivity index (χ3n) is 3.44. The quantitative estimate of drug-likeness (QED) is 0.893. The Morgan fingerprint density at radius 1 is 1.37 bits per heavy atom. The summed E-state index contributed by atoms with van der Waals surface area (Å²) in [5.74, 6) is -2.61. The maximum atomic E-state index is 13.6. The van der Waals surface area contributed by atoms with Gasteiger partial charge in [-0.1, -0.05) is 22.4 Å². The van der Waals surface area contributed by atoms with Crippen LogP contribution in [-0.4, -0.2) is 23.7 Å². The molecule has 2 atom stereocenters. The number of carbonyl (C=O) groups excluding carboxylic acids is 1. The molecule has 2 rings (SSSR count). The monoisotopic (exact) mass is 333 g/mol. The Balaban J connectivity index is 2.16. The highest BCUT2D eigenvalue weighted by molar-refractivity contribution is 9.10. The molecule has 19 heavy (non-hydrogen) atoms. The lowest BCUT2D eigenvalue weighted by Gasteiger charge is -2.19. The van der Waals surface area contributed by atoms with Gasteiger partial charge in [-0.15, -0.1) is 0 Å². The molecule has 1 fully saturated rings. The fourth-order valence-electron chi connectivity index (χ4n) is 2.45. The van der Waals surface area contributed by atoms with Gasteiger partial charge in [-0.2, -0.15) is 0 Å². The van der Waals surface area contributed by atoms with Crippen LogP contribution in [0, 0.1) is 17.6 Å². The number of carbonyl (C=O) groups is 1. The standard InChI is InChI=1S/C13H14BrF2NO2/c14-8-4-9(15)12(10(16)5-8)13(19)17-11-3-1-2-7(11)6-18/h4-5,7,11,18H,1-3,6H2,(H,17,19). The molecule has 0 aliphatic heterocycles. The van der Waals surface area contributed by atoms with Crippen LogP contribution in [0.2, 0.25) is 0 Å². The van der Waals surface area contributed by atoms with Gasteiger partial charge in [0.2, 0.25) is 0 Å². The summed E-state index contributed by atoms with van der Waals surface area (Å²) in [6, 6.07) is 1.88. The average molecular weight is 334 g/mol. The number of nitrogens with one attached hydrogen (secondary N) is 1. The summed E-state index contributed by atoms with van der Waals surface area (Å²) in [4.78, 5) is 11.9. The summed E-state index contributed by atoms with van der Waals surface area (Å²) in [6.45, 7) is -0.0315. The highest BCUT2D eigenvalue weighted by Gasteiger charge is 2.29. The second-order valence-corrected chi connectivity index (χ2v) is 5.61. The predicted molar refractivity (Wildman–Crippen MR) is 69.7 cm³/mol. The molecule has 0 aromatic heterocycles. The van der Waals surface area contributed by atoms with Crippen LogP contribution >= 0.6 is 15.9 Å². The van der Waals surface area contributed by atoms with E-state index in [1.165, 1.54) is 0 Å². The van der Waals surface area contributed by atoms with Crippen LogP contribution in [0.3, 0.4) is 0 Å². The first-order valence-corrected chi connectivity index (χ1v) is 6.88. The van der Waals surface area contributed by atoms with E-state index < -0.39 is 23.1 Å². The van der Waals surface area contributed by atoms with Gasteiger partial charge in [0.25, 0.3) is 5.91 Å². The number of aliphatic hydroxyl groups excluding tert-OH is 1. The smallest absolute Gasteiger partial charge is 0.257 e. The summed E-state index contributed by atoms with van der Waals surface area (Å²) in [5.41, 5.74) is -0.577. The van der Waals surface area contributed by atoms with Gasteiger partial charge >= 0.3 is 0 Å². The largest absolute Gasteiger partial charge is 0.396 e. The molecule has 2 N–H and O–H groups in total. The minimum atomic E-state index is -0.900. The number of rotatable bonds is 3. The Morgan fingerprint density at radius 3 is 2.58 bits per heavy atom. The first-order valence-electron chi connectivity index (χ1n) is 6.09. The van der Waals surface area contributed by atoms with Gasteiger partial charge in [-0.3, -0.25) is 4.79 Å². The molecule has 104 valence electrons. The average Bonchev–Trinajstić information content (AvgIpc) is 2.74. The van der Waals surface area contributed by atoms with E-state index in [1.807, 2.05) is 0 Å². The topological polar surface area (TPSA) is 49.3 Å². The molecule has 1 aliphatic carbocycles.